The Kier molecular flexibility index (Phi) is 7.24. The molecule has 0 spiro atoms. The summed E-state index contributed by atoms with van der Waals surface area (Å²) in [5.74, 6) is -0.554. The van der Waals surface area contributed by atoms with Crippen molar-refractivity contribution in [2.45, 2.75) is 30.7 Å². The zero-order valence-electron chi connectivity index (χ0n) is 23.0. The third-order valence-electron chi connectivity index (χ3n) is 7.35. The summed E-state index contributed by atoms with van der Waals surface area (Å²) in [6.45, 7) is 1.51. The summed E-state index contributed by atoms with van der Waals surface area (Å²) in [7, 11) is -2.47. The van der Waals surface area contributed by atoms with E-state index in [0.29, 0.717) is 16.4 Å². The first-order chi connectivity index (χ1) is 20.5. The van der Waals surface area contributed by atoms with Gasteiger partial charge in [0.25, 0.3) is 21.1 Å². The number of hydrogen-bond acceptors (Lipinski definition) is 6. The van der Waals surface area contributed by atoms with Gasteiger partial charge in [-0.15, -0.1) is 0 Å². The minimum absolute atomic E-state index is 0.0271. The molecule has 1 fully saturated rings. The van der Waals surface area contributed by atoms with E-state index in [-0.39, 0.29) is 50.3 Å². The number of pyridine rings is 1. The van der Waals surface area contributed by atoms with Gasteiger partial charge in [-0.05, 0) is 90.9 Å². The fourth-order valence-corrected chi connectivity index (χ4v) is 6.62. The van der Waals surface area contributed by atoms with Crippen LogP contribution >= 0.6 is 22.6 Å². The van der Waals surface area contributed by atoms with Gasteiger partial charge < -0.3 is 5.32 Å². The molecule has 2 heterocycles. The smallest absolute Gasteiger partial charge is 0.336 e. The molecular formula is C30H25FIN5O5S. The lowest BCUT2D eigenvalue weighted by Crippen LogP contribution is -2.41. The lowest BCUT2D eigenvalue weighted by Gasteiger charge is -2.21. The number of halogens is 2. The predicted molar refractivity (Wildman–Crippen MR) is 172 cm³/mol. The third-order valence-corrected chi connectivity index (χ3v) is 9.42. The molecule has 1 saturated carbocycles. The average Bonchev–Trinajstić information content (AvgIpc) is 3.81. The van der Waals surface area contributed by atoms with Crippen molar-refractivity contribution >= 4 is 60.7 Å². The van der Waals surface area contributed by atoms with E-state index in [9.17, 15) is 27.2 Å². The maximum absolute atomic E-state index is 14.9. The molecule has 0 bridgehead atoms. The van der Waals surface area contributed by atoms with E-state index < -0.39 is 32.6 Å². The number of hydrogen-bond donors (Lipinski definition) is 2. The van der Waals surface area contributed by atoms with Crippen LogP contribution in [0.4, 0.5) is 21.6 Å². The second-order valence-corrected chi connectivity index (χ2v) is 13.2. The minimum atomic E-state index is -3.94. The Labute approximate surface area is 258 Å². The van der Waals surface area contributed by atoms with Gasteiger partial charge >= 0.3 is 5.69 Å². The second-order valence-electron chi connectivity index (χ2n) is 10.3. The highest BCUT2D eigenvalue weighted by Crippen LogP contribution is 2.34. The molecule has 0 saturated heterocycles. The number of aromatic nitrogens is 3. The predicted octanol–water partition coefficient (Wildman–Crippen LogP) is 4.78. The Bertz CT molecular complexity index is 2230. The van der Waals surface area contributed by atoms with Gasteiger partial charge in [0.15, 0.2) is 0 Å². The number of nitrogens with one attached hydrogen (secondary N) is 2. The lowest BCUT2D eigenvalue weighted by atomic mass is 10.1. The molecule has 10 nitrogen and oxygen atoms in total. The summed E-state index contributed by atoms with van der Waals surface area (Å²) in [6, 6.07) is 18.2. The van der Waals surface area contributed by atoms with Crippen LogP contribution in [0.15, 0.2) is 92.1 Å². The van der Waals surface area contributed by atoms with Gasteiger partial charge in [0.2, 0.25) is 0 Å². The van der Waals surface area contributed by atoms with E-state index >= 15 is 0 Å². The molecule has 43 heavy (non-hydrogen) atoms. The van der Waals surface area contributed by atoms with Crippen LogP contribution in [0.25, 0.3) is 16.6 Å². The topological polar surface area (TPSA) is 124 Å². The van der Waals surface area contributed by atoms with Crippen molar-refractivity contribution in [3.63, 3.8) is 0 Å². The number of fused-ring (bicyclic) bond motifs is 1. The molecule has 2 N–H and O–H groups in total. The first-order valence-electron chi connectivity index (χ1n) is 13.3. The molecule has 0 radical (unpaired) electrons. The van der Waals surface area contributed by atoms with Crippen LogP contribution in [0.5, 0.6) is 0 Å². The molecule has 3 aromatic carbocycles. The van der Waals surface area contributed by atoms with E-state index in [1.165, 1.54) is 59.5 Å². The van der Waals surface area contributed by atoms with Crippen molar-refractivity contribution in [3.8, 4) is 5.69 Å². The molecule has 0 aliphatic heterocycles. The fourth-order valence-electron chi connectivity index (χ4n) is 5.10. The van der Waals surface area contributed by atoms with Crippen molar-refractivity contribution in [3.05, 3.63) is 119 Å². The largest absolute Gasteiger partial charge is 0.338 e. The number of anilines is 3. The maximum atomic E-state index is 14.9. The van der Waals surface area contributed by atoms with E-state index in [0.717, 1.165) is 4.57 Å². The number of aryl methyl sites for hydroxylation is 1. The molecule has 1 aliphatic carbocycles. The molecule has 5 aromatic rings. The molecule has 0 atom stereocenters. The highest BCUT2D eigenvalue weighted by molar-refractivity contribution is 14.1. The van der Waals surface area contributed by atoms with Crippen LogP contribution in [0, 0.1) is 16.3 Å². The first kappa shape index (κ1) is 28.9. The van der Waals surface area contributed by atoms with Gasteiger partial charge in [-0.1, -0.05) is 24.3 Å². The molecule has 6 rings (SSSR count). The van der Waals surface area contributed by atoms with Crippen molar-refractivity contribution in [1.82, 2.24) is 13.7 Å². The third kappa shape index (κ3) is 5.16. The number of sulfonamides is 1. The Morgan fingerprint density at radius 2 is 1.65 bits per heavy atom. The monoisotopic (exact) mass is 713 g/mol. The van der Waals surface area contributed by atoms with E-state index in [1.807, 2.05) is 22.6 Å². The van der Waals surface area contributed by atoms with E-state index in [2.05, 4.69) is 10.0 Å². The van der Waals surface area contributed by atoms with Gasteiger partial charge in [-0.3, -0.25) is 28.0 Å². The summed E-state index contributed by atoms with van der Waals surface area (Å²) < 4.78 is 47.8. The molecule has 0 unspecified atom stereocenters. The summed E-state index contributed by atoms with van der Waals surface area (Å²) in [5.41, 5.74) is -1.14. The number of rotatable bonds is 7. The van der Waals surface area contributed by atoms with Gasteiger partial charge in [0.1, 0.15) is 17.0 Å². The molecular weight excluding hydrogens is 688 g/mol. The average molecular weight is 714 g/mol. The summed E-state index contributed by atoms with van der Waals surface area (Å²) in [5, 5.41) is 2.96. The summed E-state index contributed by atoms with van der Waals surface area (Å²) >= 11 is 1.98. The molecule has 2 aromatic heterocycles. The van der Waals surface area contributed by atoms with Gasteiger partial charge in [-0.25, -0.2) is 17.6 Å². The van der Waals surface area contributed by atoms with Crippen LogP contribution in [0.1, 0.15) is 24.4 Å². The molecule has 220 valence electrons. The van der Waals surface area contributed by atoms with Gasteiger partial charge in [-0.2, -0.15) is 0 Å². The Hall–Kier alpha value is -4.24. The zero-order chi connectivity index (χ0) is 30.6. The first-order valence-corrected chi connectivity index (χ1v) is 15.9. The van der Waals surface area contributed by atoms with Crippen LogP contribution < -0.4 is 26.8 Å². The summed E-state index contributed by atoms with van der Waals surface area (Å²) in [6.07, 6.45) is 1.24. The Morgan fingerprint density at radius 1 is 0.930 bits per heavy atom. The maximum Gasteiger partial charge on any atom is 0.336 e. The normalized spacial score (nSPS) is 13.3. The molecule has 0 amide bonds. The lowest BCUT2D eigenvalue weighted by molar-refractivity contribution is 0.601. The minimum Gasteiger partial charge on any atom is -0.338 e. The number of benzene rings is 3. The van der Waals surface area contributed by atoms with E-state index in [4.69, 9.17) is 0 Å². The van der Waals surface area contributed by atoms with Crippen molar-refractivity contribution in [1.29, 1.82) is 0 Å². The second kappa shape index (κ2) is 10.8. The van der Waals surface area contributed by atoms with E-state index in [1.54, 1.807) is 36.4 Å². The highest BCUT2D eigenvalue weighted by Gasteiger charge is 2.31. The highest BCUT2D eigenvalue weighted by atomic mass is 127. The van der Waals surface area contributed by atoms with Crippen molar-refractivity contribution in [2.75, 3.05) is 10.0 Å². The molecule has 1 aliphatic rings. The quantitative estimate of drug-likeness (QED) is 0.234. The van der Waals surface area contributed by atoms with Crippen LogP contribution in [0.3, 0.4) is 0 Å². The van der Waals surface area contributed by atoms with Crippen molar-refractivity contribution in [2.24, 2.45) is 7.05 Å². The SMILES string of the molecule is Cc1c(=O)n(C)c(Nc2ccc(I)cc2F)c2c(=O)n(C3CC3)c(=O)n(-c3cccc(NS(=O)(=O)c4ccccc4)c3)c12. The van der Waals surface area contributed by atoms with Crippen LogP contribution in [0.2, 0.25) is 0 Å². The zero-order valence-corrected chi connectivity index (χ0v) is 25.9. The van der Waals surface area contributed by atoms with Gasteiger partial charge in [0.05, 0.1) is 27.5 Å². The standard InChI is InChI=1S/C30H25FIN5O5S/c1-17-26-25(27(35(2)28(17)38)33-24-14-11-18(32)15-23(24)31)29(39)37(20-12-13-20)30(40)36(26)21-8-6-7-19(16-21)34-43(41,42)22-9-4-3-5-10-22/h3-11,14-16,20,33-34H,12-13H2,1-2H3. The number of nitrogens with zero attached hydrogens (tertiary/aromatic N) is 3. The Morgan fingerprint density at radius 3 is 2.33 bits per heavy atom. The molecule has 13 heteroatoms. The Balaban J connectivity index is 1.62. The van der Waals surface area contributed by atoms with Crippen molar-refractivity contribution < 1.29 is 12.8 Å². The van der Waals surface area contributed by atoms with Gasteiger partial charge in [0, 0.05) is 22.2 Å². The van der Waals surface area contributed by atoms with Crippen LogP contribution in [-0.2, 0) is 17.1 Å². The summed E-state index contributed by atoms with van der Waals surface area (Å²) in [4.78, 5) is 41.6. The fraction of sp³-hybridized carbons (Fsp3) is 0.167. The van der Waals surface area contributed by atoms with Crippen LogP contribution in [-0.4, -0.2) is 22.1 Å².